The number of amides is 1. The summed E-state index contributed by atoms with van der Waals surface area (Å²) in [4.78, 5) is 23.8. The molecular formula is C16H19FN4O3S. The Morgan fingerprint density at radius 2 is 2.00 bits per heavy atom. The van der Waals surface area contributed by atoms with Gasteiger partial charge < -0.3 is 14.6 Å². The summed E-state index contributed by atoms with van der Waals surface area (Å²) in [5, 5.41) is 10.7. The molecule has 0 aliphatic heterocycles. The molecular weight excluding hydrogens is 347 g/mol. The van der Waals surface area contributed by atoms with E-state index >= 15 is 0 Å². The van der Waals surface area contributed by atoms with Gasteiger partial charge in [0.1, 0.15) is 18.1 Å². The van der Waals surface area contributed by atoms with Crippen LogP contribution >= 0.6 is 11.8 Å². The number of anilines is 1. The number of hydrogen-bond donors (Lipinski definition) is 1. The molecule has 25 heavy (non-hydrogen) atoms. The van der Waals surface area contributed by atoms with Crippen LogP contribution in [-0.4, -0.2) is 38.5 Å². The van der Waals surface area contributed by atoms with Crippen molar-refractivity contribution in [1.29, 1.82) is 0 Å². The van der Waals surface area contributed by atoms with Crippen molar-refractivity contribution in [3.63, 3.8) is 0 Å². The Balaban J connectivity index is 1.96. The van der Waals surface area contributed by atoms with E-state index in [-0.39, 0.29) is 24.1 Å². The first kappa shape index (κ1) is 18.9. The summed E-state index contributed by atoms with van der Waals surface area (Å²) in [5.74, 6) is -0.524. The molecule has 0 saturated heterocycles. The van der Waals surface area contributed by atoms with E-state index in [0.717, 1.165) is 0 Å². The second-order valence-electron chi connectivity index (χ2n) is 5.20. The lowest BCUT2D eigenvalue weighted by Gasteiger charge is -2.11. The van der Waals surface area contributed by atoms with Gasteiger partial charge in [0.25, 0.3) is 0 Å². The van der Waals surface area contributed by atoms with Crippen LogP contribution in [0.1, 0.15) is 19.7 Å². The lowest BCUT2D eigenvalue weighted by atomic mass is 10.3. The van der Waals surface area contributed by atoms with Crippen molar-refractivity contribution < 1.29 is 18.7 Å². The summed E-state index contributed by atoms with van der Waals surface area (Å²) in [7, 11) is 1.72. The van der Waals surface area contributed by atoms with E-state index in [1.807, 2.05) is 0 Å². The molecule has 1 atom stereocenters. The van der Waals surface area contributed by atoms with Crippen LogP contribution in [0.4, 0.5) is 10.1 Å². The van der Waals surface area contributed by atoms with Crippen LogP contribution in [0.3, 0.4) is 0 Å². The van der Waals surface area contributed by atoms with Crippen LogP contribution in [0.2, 0.25) is 0 Å². The lowest BCUT2D eigenvalue weighted by Crippen LogP contribution is -2.22. The molecule has 0 aliphatic carbocycles. The fourth-order valence-corrected chi connectivity index (χ4v) is 2.77. The number of carbonyl (C=O) groups is 2. The van der Waals surface area contributed by atoms with Gasteiger partial charge in [0.2, 0.25) is 5.91 Å². The molecule has 0 fully saturated rings. The number of aromatic nitrogens is 3. The fraction of sp³-hybridized carbons (Fsp3) is 0.375. The van der Waals surface area contributed by atoms with E-state index < -0.39 is 5.25 Å². The summed E-state index contributed by atoms with van der Waals surface area (Å²) >= 11 is 1.21. The monoisotopic (exact) mass is 366 g/mol. The smallest absolute Gasteiger partial charge is 0.313 e. The maximum atomic E-state index is 12.9. The Kier molecular flexibility index (Phi) is 6.51. The maximum absolute atomic E-state index is 12.9. The van der Waals surface area contributed by atoms with Crippen molar-refractivity contribution in [3.05, 3.63) is 35.9 Å². The lowest BCUT2D eigenvalue weighted by molar-refractivity contribution is -0.142. The highest BCUT2D eigenvalue weighted by Crippen LogP contribution is 2.23. The number of carbonyl (C=O) groups excluding carboxylic acids is 2. The van der Waals surface area contributed by atoms with Crippen molar-refractivity contribution >= 4 is 29.3 Å². The molecule has 0 aliphatic rings. The highest BCUT2D eigenvalue weighted by atomic mass is 32.2. The predicted molar refractivity (Wildman–Crippen MR) is 91.7 cm³/mol. The Hall–Kier alpha value is -2.42. The fourth-order valence-electron chi connectivity index (χ4n) is 1.93. The Bertz CT molecular complexity index is 748. The molecule has 1 aromatic carbocycles. The third-order valence-electron chi connectivity index (χ3n) is 3.30. The zero-order chi connectivity index (χ0) is 18.4. The van der Waals surface area contributed by atoms with Gasteiger partial charge in [-0.15, -0.1) is 10.2 Å². The van der Waals surface area contributed by atoms with Crippen molar-refractivity contribution in [2.24, 2.45) is 7.05 Å². The zero-order valence-corrected chi connectivity index (χ0v) is 15.0. The minimum atomic E-state index is -0.455. The van der Waals surface area contributed by atoms with Crippen molar-refractivity contribution in [2.75, 3.05) is 11.9 Å². The van der Waals surface area contributed by atoms with E-state index in [9.17, 15) is 14.0 Å². The van der Waals surface area contributed by atoms with Crippen LogP contribution in [0.5, 0.6) is 0 Å². The van der Waals surface area contributed by atoms with Crippen molar-refractivity contribution in [2.45, 2.75) is 30.7 Å². The van der Waals surface area contributed by atoms with Crippen LogP contribution in [0, 0.1) is 5.82 Å². The molecule has 0 unspecified atom stereocenters. The van der Waals surface area contributed by atoms with E-state index in [0.29, 0.717) is 23.3 Å². The molecule has 1 amide bonds. The van der Waals surface area contributed by atoms with E-state index in [2.05, 4.69) is 15.5 Å². The summed E-state index contributed by atoms with van der Waals surface area (Å²) in [5.41, 5.74) is 0.514. The second kappa shape index (κ2) is 8.61. The molecule has 2 rings (SSSR count). The van der Waals surface area contributed by atoms with Crippen molar-refractivity contribution in [3.8, 4) is 0 Å². The Morgan fingerprint density at radius 1 is 1.32 bits per heavy atom. The number of rotatable bonds is 7. The number of nitrogens with zero attached hydrogens (tertiary/aromatic N) is 3. The molecule has 2 aromatic rings. The quantitative estimate of drug-likeness (QED) is 0.597. The summed E-state index contributed by atoms with van der Waals surface area (Å²) in [6.45, 7) is 3.76. The summed E-state index contributed by atoms with van der Waals surface area (Å²) in [6.07, 6.45) is 0.0219. The van der Waals surface area contributed by atoms with Gasteiger partial charge in [-0.25, -0.2) is 4.39 Å². The van der Waals surface area contributed by atoms with Crippen LogP contribution in [0.15, 0.2) is 29.4 Å². The van der Waals surface area contributed by atoms with Gasteiger partial charge in [0.15, 0.2) is 5.16 Å². The Morgan fingerprint density at radius 3 is 2.64 bits per heavy atom. The number of esters is 1. The molecule has 0 spiro atoms. The largest absolute Gasteiger partial charge is 0.466 e. The highest BCUT2D eigenvalue weighted by molar-refractivity contribution is 8.00. The third kappa shape index (κ3) is 5.28. The number of ether oxygens (including phenoxy) is 1. The summed E-state index contributed by atoms with van der Waals surface area (Å²) in [6, 6.07) is 5.53. The standard InChI is InChI=1S/C16H19FN4O3S/c1-4-24-14(22)9-13-19-20-16(21(13)3)25-10(2)15(23)18-12-7-5-11(17)6-8-12/h5-8,10H,4,9H2,1-3H3,(H,18,23)/t10-/m0/s1. The highest BCUT2D eigenvalue weighted by Gasteiger charge is 2.20. The van der Waals surface area contributed by atoms with Gasteiger partial charge in [-0.05, 0) is 38.1 Å². The number of thioether (sulfide) groups is 1. The van der Waals surface area contributed by atoms with E-state index in [1.54, 1.807) is 25.5 Å². The van der Waals surface area contributed by atoms with Crippen molar-refractivity contribution in [1.82, 2.24) is 14.8 Å². The van der Waals surface area contributed by atoms with Gasteiger partial charge in [0, 0.05) is 12.7 Å². The first-order valence-corrected chi connectivity index (χ1v) is 8.55. The van der Waals surface area contributed by atoms with Crippen LogP contribution in [-0.2, 0) is 27.8 Å². The minimum absolute atomic E-state index is 0.0219. The number of halogens is 1. The third-order valence-corrected chi connectivity index (χ3v) is 4.43. The number of nitrogens with one attached hydrogen (secondary N) is 1. The molecule has 134 valence electrons. The van der Waals surface area contributed by atoms with Crippen LogP contribution in [0.25, 0.3) is 0 Å². The molecule has 7 nitrogen and oxygen atoms in total. The first-order chi connectivity index (χ1) is 11.9. The molecule has 1 N–H and O–H groups in total. The SMILES string of the molecule is CCOC(=O)Cc1nnc(S[C@@H](C)C(=O)Nc2ccc(F)cc2)n1C. The maximum Gasteiger partial charge on any atom is 0.313 e. The molecule has 0 bridgehead atoms. The van der Waals surface area contributed by atoms with Crippen LogP contribution < -0.4 is 5.32 Å². The minimum Gasteiger partial charge on any atom is -0.466 e. The average molecular weight is 366 g/mol. The number of benzene rings is 1. The average Bonchev–Trinajstić information content (AvgIpc) is 2.90. The zero-order valence-electron chi connectivity index (χ0n) is 14.2. The normalized spacial score (nSPS) is 11.8. The topological polar surface area (TPSA) is 86.1 Å². The molecule has 0 radical (unpaired) electrons. The predicted octanol–water partition coefficient (Wildman–Crippen LogP) is 2.18. The Labute approximate surface area is 149 Å². The first-order valence-electron chi connectivity index (χ1n) is 7.67. The molecule has 0 saturated carbocycles. The van der Waals surface area contributed by atoms with Gasteiger partial charge in [-0.2, -0.15) is 0 Å². The molecule has 1 heterocycles. The summed E-state index contributed by atoms with van der Waals surface area (Å²) < 4.78 is 19.4. The number of hydrogen-bond acceptors (Lipinski definition) is 6. The van der Waals surface area contributed by atoms with Gasteiger partial charge in [0.05, 0.1) is 11.9 Å². The van der Waals surface area contributed by atoms with Gasteiger partial charge in [-0.1, -0.05) is 11.8 Å². The molecule has 1 aromatic heterocycles. The van der Waals surface area contributed by atoms with Gasteiger partial charge in [-0.3, -0.25) is 9.59 Å². The molecule has 9 heteroatoms. The van der Waals surface area contributed by atoms with Gasteiger partial charge >= 0.3 is 5.97 Å². The second-order valence-corrected chi connectivity index (χ2v) is 6.50. The van der Waals surface area contributed by atoms with E-state index in [1.165, 1.54) is 36.0 Å². The van der Waals surface area contributed by atoms with E-state index in [4.69, 9.17) is 4.74 Å².